The predicted octanol–water partition coefficient (Wildman–Crippen LogP) is 1.47. The summed E-state index contributed by atoms with van der Waals surface area (Å²) in [5.74, 6) is 0. The Bertz CT molecular complexity index is 249. The molecule has 2 rings (SSSR count). The number of nitrogens with two attached hydrogens (primary N) is 1. The van der Waals surface area contributed by atoms with Crippen LogP contribution in [0.1, 0.15) is 39.5 Å². The van der Waals surface area contributed by atoms with Crippen molar-refractivity contribution in [2.45, 2.75) is 56.8 Å². The van der Waals surface area contributed by atoms with E-state index in [0.717, 1.165) is 45.5 Å². The number of hydrogen-bond donors (Lipinski definition) is 1. The van der Waals surface area contributed by atoms with Crippen molar-refractivity contribution < 1.29 is 14.2 Å². The van der Waals surface area contributed by atoms with E-state index < -0.39 is 0 Å². The van der Waals surface area contributed by atoms with Crippen LogP contribution in [0.3, 0.4) is 0 Å². The maximum Gasteiger partial charge on any atom is 0.0961 e. The summed E-state index contributed by atoms with van der Waals surface area (Å²) in [5, 5.41) is 0. The zero-order chi connectivity index (χ0) is 12.4. The highest BCUT2D eigenvalue weighted by Crippen LogP contribution is 2.34. The zero-order valence-corrected chi connectivity index (χ0v) is 11.0. The summed E-state index contributed by atoms with van der Waals surface area (Å²) in [5.41, 5.74) is 5.82. The van der Waals surface area contributed by atoms with E-state index in [1.54, 1.807) is 0 Å². The van der Waals surface area contributed by atoms with Gasteiger partial charge >= 0.3 is 0 Å². The monoisotopic (exact) mass is 243 g/mol. The van der Waals surface area contributed by atoms with Crippen molar-refractivity contribution in [3.05, 3.63) is 0 Å². The molecule has 1 spiro atoms. The molecule has 0 radical (unpaired) electrons. The van der Waals surface area contributed by atoms with Gasteiger partial charge in [0.25, 0.3) is 0 Å². The third-order valence-electron chi connectivity index (χ3n) is 3.97. The van der Waals surface area contributed by atoms with Crippen LogP contribution in [-0.4, -0.2) is 43.7 Å². The highest BCUT2D eigenvalue weighted by Gasteiger charge is 2.41. The van der Waals surface area contributed by atoms with Crippen LogP contribution in [0.4, 0.5) is 0 Å². The Morgan fingerprint density at radius 3 is 2.94 bits per heavy atom. The lowest BCUT2D eigenvalue weighted by molar-refractivity contribution is -0.137. The zero-order valence-electron chi connectivity index (χ0n) is 11.0. The molecule has 2 saturated heterocycles. The van der Waals surface area contributed by atoms with Gasteiger partial charge in [0.1, 0.15) is 0 Å². The summed E-state index contributed by atoms with van der Waals surface area (Å²) in [6.45, 7) is 7.09. The van der Waals surface area contributed by atoms with Gasteiger partial charge in [-0.1, -0.05) is 6.92 Å². The number of rotatable bonds is 4. The lowest BCUT2D eigenvalue weighted by Gasteiger charge is -2.38. The van der Waals surface area contributed by atoms with E-state index in [-0.39, 0.29) is 17.2 Å². The quantitative estimate of drug-likeness (QED) is 0.812. The highest BCUT2D eigenvalue weighted by atomic mass is 16.6. The lowest BCUT2D eigenvalue weighted by Crippen LogP contribution is -2.46. The van der Waals surface area contributed by atoms with Gasteiger partial charge in [-0.2, -0.15) is 0 Å². The summed E-state index contributed by atoms with van der Waals surface area (Å²) in [4.78, 5) is 0. The fourth-order valence-corrected chi connectivity index (χ4v) is 2.40. The van der Waals surface area contributed by atoms with E-state index in [1.807, 2.05) is 6.92 Å². The van der Waals surface area contributed by atoms with Crippen LogP contribution in [0.25, 0.3) is 0 Å². The molecule has 4 nitrogen and oxygen atoms in total. The SMILES string of the molecule is CCC(C)(N)COC1CCOC2(CCOC2)C1. The van der Waals surface area contributed by atoms with Crippen molar-refractivity contribution in [3.8, 4) is 0 Å². The van der Waals surface area contributed by atoms with E-state index in [4.69, 9.17) is 19.9 Å². The van der Waals surface area contributed by atoms with Crippen LogP contribution in [-0.2, 0) is 14.2 Å². The molecule has 100 valence electrons. The summed E-state index contributed by atoms with van der Waals surface area (Å²) in [6.07, 6.45) is 4.14. The highest BCUT2D eigenvalue weighted by molar-refractivity contribution is 4.91. The molecule has 2 aliphatic heterocycles. The Morgan fingerprint density at radius 2 is 2.29 bits per heavy atom. The molecule has 0 saturated carbocycles. The van der Waals surface area contributed by atoms with Gasteiger partial charge in [-0.15, -0.1) is 0 Å². The van der Waals surface area contributed by atoms with Gasteiger partial charge in [0.15, 0.2) is 0 Å². The third-order valence-corrected chi connectivity index (χ3v) is 3.97. The molecule has 0 aromatic rings. The fraction of sp³-hybridized carbons (Fsp3) is 1.00. The molecule has 2 aliphatic rings. The molecule has 4 heteroatoms. The first kappa shape index (κ1) is 13.3. The lowest BCUT2D eigenvalue weighted by atomic mass is 9.91. The van der Waals surface area contributed by atoms with Crippen molar-refractivity contribution in [2.75, 3.05) is 26.4 Å². The van der Waals surface area contributed by atoms with Crippen LogP contribution in [0.15, 0.2) is 0 Å². The van der Waals surface area contributed by atoms with Crippen molar-refractivity contribution in [1.29, 1.82) is 0 Å². The second-order valence-corrected chi connectivity index (χ2v) is 5.77. The topological polar surface area (TPSA) is 53.7 Å². The first-order chi connectivity index (χ1) is 8.05. The molecule has 0 bridgehead atoms. The summed E-state index contributed by atoms with van der Waals surface area (Å²) in [6, 6.07) is 0. The maximum atomic E-state index is 6.10. The van der Waals surface area contributed by atoms with E-state index in [9.17, 15) is 0 Å². The standard InChI is InChI=1S/C13H25NO3/c1-3-12(2,14)9-16-11-4-6-17-13(8-11)5-7-15-10-13/h11H,3-10,14H2,1-2H3. The third kappa shape index (κ3) is 3.41. The van der Waals surface area contributed by atoms with E-state index in [1.165, 1.54) is 0 Å². The summed E-state index contributed by atoms with van der Waals surface area (Å²) in [7, 11) is 0. The van der Waals surface area contributed by atoms with Gasteiger partial charge in [-0.3, -0.25) is 0 Å². The van der Waals surface area contributed by atoms with E-state index in [2.05, 4.69) is 6.92 Å². The molecule has 2 heterocycles. The smallest absolute Gasteiger partial charge is 0.0961 e. The van der Waals surface area contributed by atoms with Crippen LogP contribution >= 0.6 is 0 Å². The minimum atomic E-state index is -0.211. The van der Waals surface area contributed by atoms with Crippen molar-refractivity contribution in [2.24, 2.45) is 5.73 Å². The van der Waals surface area contributed by atoms with E-state index >= 15 is 0 Å². The largest absolute Gasteiger partial charge is 0.378 e. The number of ether oxygens (including phenoxy) is 3. The first-order valence-corrected chi connectivity index (χ1v) is 6.67. The van der Waals surface area contributed by atoms with Gasteiger partial charge in [0, 0.05) is 31.6 Å². The molecular weight excluding hydrogens is 218 g/mol. The molecule has 17 heavy (non-hydrogen) atoms. The van der Waals surface area contributed by atoms with Crippen LogP contribution in [0.2, 0.25) is 0 Å². The van der Waals surface area contributed by atoms with Crippen molar-refractivity contribution in [3.63, 3.8) is 0 Å². The van der Waals surface area contributed by atoms with Crippen LogP contribution < -0.4 is 5.73 Å². The second kappa shape index (κ2) is 5.22. The van der Waals surface area contributed by atoms with Crippen LogP contribution in [0, 0.1) is 0 Å². The average Bonchev–Trinajstić information content (AvgIpc) is 2.75. The molecule has 0 aromatic carbocycles. The molecule has 0 amide bonds. The van der Waals surface area contributed by atoms with E-state index in [0.29, 0.717) is 6.61 Å². The predicted molar refractivity (Wildman–Crippen MR) is 66.0 cm³/mol. The van der Waals surface area contributed by atoms with Gasteiger partial charge < -0.3 is 19.9 Å². The Hall–Kier alpha value is -0.160. The van der Waals surface area contributed by atoms with Crippen LogP contribution in [0.5, 0.6) is 0 Å². The summed E-state index contributed by atoms with van der Waals surface area (Å²) < 4.78 is 17.3. The first-order valence-electron chi connectivity index (χ1n) is 6.67. The molecule has 2 N–H and O–H groups in total. The van der Waals surface area contributed by atoms with Gasteiger partial charge in [0.05, 0.1) is 24.9 Å². The van der Waals surface area contributed by atoms with Crippen molar-refractivity contribution in [1.82, 2.24) is 0 Å². The normalized spacial score (nSPS) is 37.2. The number of hydrogen-bond acceptors (Lipinski definition) is 4. The Kier molecular flexibility index (Phi) is 4.08. The molecular formula is C13H25NO3. The Morgan fingerprint density at radius 1 is 1.47 bits per heavy atom. The van der Waals surface area contributed by atoms with Gasteiger partial charge in [-0.05, 0) is 19.8 Å². The average molecular weight is 243 g/mol. The molecule has 3 atom stereocenters. The molecule has 2 fully saturated rings. The Balaban J connectivity index is 1.81. The van der Waals surface area contributed by atoms with Gasteiger partial charge in [0.2, 0.25) is 0 Å². The fourth-order valence-electron chi connectivity index (χ4n) is 2.40. The van der Waals surface area contributed by atoms with Gasteiger partial charge in [-0.25, -0.2) is 0 Å². The second-order valence-electron chi connectivity index (χ2n) is 5.77. The molecule has 0 aliphatic carbocycles. The Labute approximate surface area is 104 Å². The summed E-state index contributed by atoms with van der Waals surface area (Å²) >= 11 is 0. The maximum absolute atomic E-state index is 6.10. The minimum Gasteiger partial charge on any atom is -0.378 e. The van der Waals surface area contributed by atoms with Crippen molar-refractivity contribution >= 4 is 0 Å². The molecule has 0 aromatic heterocycles. The minimum absolute atomic E-state index is 0.0693. The molecule has 3 unspecified atom stereocenters.